The Kier molecular flexibility index (Phi) is 5.10. The first kappa shape index (κ1) is 13.7. The maximum Gasteiger partial charge on any atom is 0.221 e. The third-order valence-electron chi connectivity index (χ3n) is 2.56. The van der Waals surface area contributed by atoms with Gasteiger partial charge in [-0.25, -0.2) is 0 Å². The smallest absolute Gasteiger partial charge is 0.221 e. The average molecular weight is 274 g/mol. The molecule has 3 nitrogen and oxygen atoms in total. The Balaban J connectivity index is 2.14. The van der Waals surface area contributed by atoms with Gasteiger partial charge in [-0.05, 0) is 30.9 Å². The van der Waals surface area contributed by atoms with Crippen LogP contribution < -0.4 is 10.1 Å². The molecular formula is C15H18N2OS. The predicted molar refractivity (Wildman–Crippen MR) is 81.3 cm³/mol. The van der Waals surface area contributed by atoms with Crippen LogP contribution in [-0.4, -0.2) is 17.8 Å². The monoisotopic (exact) mass is 274 g/mol. The molecule has 2 aromatic rings. The normalized spacial score (nSPS) is 10.2. The number of thioether (sulfide) groups is 1. The van der Waals surface area contributed by atoms with Crippen molar-refractivity contribution in [1.29, 1.82) is 0 Å². The maximum atomic E-state index is 5.85. The number of nitrogens with zero attached hydrogens (tertiary/aromatic N) is 1. The second kappa shape index (κ2) is 7.04. The fraction of sp³-hybridized carbons (Fsp3) is 0.267. The Morgan fingerprint density at radius 3 is 2.79 bits per heavy atom. The van der Waals surface area contributed by atoms with Crippen LogP contribution in [0.2, 0.25) is 0 Å². The van der Waals surface area contributed by atoms with Crippen molar-refractivity contribution in [2.45, 2.75) is 18.2 Å². The first-order valence-corrected chi connectivity index (χ1v) is 7.57. The molecule has 0 atom stereocenters. The minimum atomic E-state index is 0.614. The van der Waals surface area contributed by atoms with E-state index in [9.17, 15) is 0 Å². The molecule has 0 saturated heterocycles. The van der Waals surface area contributed by atoms with Crippen molar-refractivity contribution in [3.63, 3.8) is 0 Å². The van der Waals surface area contributed by atoms with Crippen LogP contribution in [0, 0.1) is 0 Å². The van der Waals surface area contributed by atoms with Gasteiger partial charge >= 0.3 is 0 Å². The highest BCUT2D eigenvalue weighted by Gasteiger charge is 2.04. The first-order chi connectivity index (χ1) is 9.33. The van der Waals surface area contributed by atoms with Gasteiger partial charge in [-0.1, -0.05) is 25.1 Å². The van der Waals surface area contributed by atoms with Crippen LogP contribution in [0.1, 0.15) is 13.3 Å². The van der Waals surface area contributed by atoms with E-state index in [1.807, 2.05) is 48.7 Å². The highest BCUT2D eigenvalue weighted by Crippen LogP contribution is 2.30. The zero-order chi connectivity index (χ0) is 13.5. The summed E-state index contributed by atoms with van der Waals surface area (Å²) in [5, 5.41) is 3.25. The van der Waals surface area contributed by atoms with Gasteiger partial charge in [-0.2, -0.15) is 4.98 Å². The lowest BCUT2D eigenvalue weighted by Crippen LogP contribution is -2.02. The molecule has 2 rings (SSSR count). The molecule has 0 aliphatic heterocycles. The van der Waals surface area contributed by atoms with Crippen molar-refractivity contribution < 1.29 is 4.74 Å². The van der Waals surface area contributed by atoms with E-state index in [1.165, 1.54) is 0 Å². The fourth-order valence-corrected chi connectivity index (χ4v) is 2.16. The number of nitrogens with one attached hydrogen (secondary N) is 1. The molecule has 0 amide bonds. The van der Waals surface area contributed by atoms with Crippen molar-refractivity contribution >= 4 is 17.6 Å². The Hall–Kier alpha value is -1.68. The number of rotatable bonds is 6. The van der Waals surface area contributed by atoms with E-state index in [-0.39, 0.29) is 0 Å². The molecule has 0 fully saturated rings. The van der Waals surface area contributed by atoms with Crippen LogP contribution in [0.5, 0.6) is 11.6 Å². The van der Waals surface area contributed by atoms with Gasteiger partial charge in [0.15, 0.2) is 0 Å². The topological polar surface area (TPSA) is 34.1 Å². The van der Waals surface area contributed by atoms with Gasteiger partial charge in [0.25, 0.3) is 0 Å². The minimum absolute atomic E-state index is 0.614. The van der Waals surface area contributed by atoms with Crippen molar-refractivity contribution in [3.05, 3.63) is 42.5 Å². The van der Waals surface area contributed by atoms with Crippen molar-refractivity contribution in [2.75, 3.05) is 18.1 Å². The molecular weight excluding hydrogens is 256 g/mol. The summed E-state index contributed by atoms with van der Waals surface area (Å²) in [7, 11) is 0. The number of aromatic nitrogens is 1. The highest BCUT2D eigenvalue weighted by molar-refractivity contribution is 7.98. The largest absolute Gasteiger partial charge is 0.438 e. The lowest BCUT2D eigenvalue weighted by atomic mass is 10.3. The van der Waals surface area contributed by atoms with Crippen LogP contribution in [0.4, 0.5) is 5.82 Å². The Labute approximate surface area is 118 Å². The number of hydrogen-bond acceptors (Lipinski definition) is 4. The van der Waals surface area contributed by atoms with Gasteiger partial charge < -0.3 is 10.1 Å². The Morgan fingerprint density at radius 1 is 1.16 bits per heavy atom. The van der Waals surface area contributed by atoms with E-state index in [1.54, 1.807) is 11.8 Å². The summed E-state index contributed by atoms with van der Waals surface area (Å²) in [5.41, 5.74) is 0. The van der Waals surface area contributed by atoms with Gasteiger partial charge in [0.2, 0.25) is 5.88 Å². The number of anilines is 1. The number of hydrogen-bond donors (Lipinski definition) is 1. The first-order valence-electron chi connectivity index (χ1n) is 6.35. The SMILES string of the molecule is CCCNc1cccc(Oc2ccccc2SC)n1. The molecule has 0 bridgehead atoms. The molecule has 1 N–H and O–H groups in total. The molecule has 100 valence electrons. The number of pyridine rings is 1. The molecule has 1 aromatic carbocycles. The van der Waals surface area contributed by atoms with Gasteiger partial charge in [0.05, 0.1) is 0 Å². The van der Waals surface area contributed by atoms with Crippen LogP contribution in [0.25, 0.3) is 0 Å². The molecule has 0 aliphatic rings. The quantitative estimate of drug-likeness (QED) is 0.791. The molecule has 1 aromatic heterocycles. The van der Waals surface area contributed by atoms with Crippen LogP contribution in [0.15, 0.2) is 47.4 Å². The summed E-state index contributed by atoms with van der Waals surface area (Å²) in [6.45, 7) is 3.04. The second-order valence-electron chi connectivity index (χ2n) is 4.04. The summed E-state index contributed by atoms with van der Waals surface area (Å²) >= 11 is 1.66. The van der Waals surface area contributed by atoms with E-state index in [2.05, 4.69) is 17.2 Å². The van der Waals surface area contributed by atoms with Crippen LogP contribution in [-0.2, 0) is 0 Å². The number of ether oxygens (including phenoxy) is 1. The van der Waals surface area contributed by atoms with E-state index in [4.69, 9.17) is 4.74 Å². The minimum Gasteiger partial charge on any atom is -0.438 e. The molecule has 19 heavy (non-hydrogen) atoms. The Morgan fingerprint density at radius 2 is 2.00 bits per heavy atom. The lowest BCUT2D eigenvalue weighted by Gasteiger charge is -2.10. The van der Waals surface area contributed by atoms with Gasteiger partial charge in [-0.15, -0.1) is 11.8 Å². The summed E-state index contributed by atoms with van der Waals surface area (Å²) < 4.78 is 5.85. The van der Waals surface area contributed by atoms with Crippen molar-refractivity contribution in [2.24, 2.45) is 0 Å². The van der Waals surface area contributed by atoms with E-state index < -0.39 is 0 Å². The van der Waals surface area contributed by atoms with Crippen LogP contribution >= 0.6 is 11.8 Å². The third-order valence-corrected chi connectivity index (χ3v) is 3.34. The fourth-order valence-electron chi connectivity index (χ4n) is 1.64. The maximum absolute atomic E-state index is 5.85. The summed E-state index contributed by atoms with van der Waals surface area (Å²) in [5.74, 6) is 2.30. The molecule has 0 spiro atoms. The van der Waals surface area contributed by atoms with Crippen molar-refractivity contribution in [1.82, 2.24) is 4.98 Å². The van der Waals surface area contributed by atoms with Gasteiger partial charge in [0, 0.05) is 17.5 Å². The van der Waals surface area contributed by atoms with Crippen molar-refractivity contribution in [3.8, 4) is 11.6 Å². The predicted octanol–water partition coefficient (Wildman–Crippen LogP) is 4.42. The number of benzene rings is 1. The lowest BCUT2D eigenvalue weighted by molar-refractivity contribution is 0.453. The summed E-state index contributed by atoms with van der Waals surface area (Å²) in [6.07, 6.45) is 3.11. The van der Waals surface area contributed by atoms with E-state index in [0.717, 1.165) is 29.4 Å². The van der Waals surface area contributed by atoms with Gasteiger partial charge in [-0.3, -0.25) is 0 Å². The van der Waals surface area contributed by atoms with E-state index >= 15 is 0 Å². The standard InChI is InChI=1S/C15H18N2OS/c1-3-11-16-14-9-6-10-15(17-14)18-12-7-4-5-8-13(12)19-2/h4-10H,3,11H2,1-2H3,(H,16,17). The zero-order valence-corrected chi connectivity index (χ0v) is 12.0. The highest BCUT2D eigenvalue weighted by atomic mass is 32.2. The molecule has 4 heteroatoms. The molecule has 0 unspecified atom stereocenters. The molecule has 0 radical (unpaired) electrons. The summed E-state index contributed by atoms with van der Waals surface area (Å²) in [6, 6.07) is 13.7. The molecule has 1 heterocycles. The molecule has 0 saturated carbocycles. The van der Waals surface area contributed by atoms with Gasteiger partial charge in [0.1, 0.15) is 11.6 Å². The third kappa shape index (κ3) is 3.89. The van der Waals surface area contributed by atoms with E-state index in [0.29, 0.717) is 5.88 Å². The summed E-state index contributed by atoms with van der Waals surface area (Å²) in [4.78, 5) is 5.55. The second-order valence-corrected chi connectivity index (χ2v) is 4.89. The zero-order valence-electron chi connectivity index (χ0n) is 11.2. The van der Waals surface area contributed by atoms with Crippen LogP contribution in [0.3, 0.4) is 0 Å². The number of para-hydroxylation sites is 1. The average Bonchev–Trinajstić information content (AvgIpc) is 2.46. The molecule has 0 aliphatic carbocycles. The Bertz CT molecular complexity index is 531.